The molecule has 0 spiro atoms. The fraction of sp³-hybridized carbons (Fsp3) is 0.526. The third-order valence-electron chi connectivity index (χ3n) is 5.14. The molecule has 0 N–H and O–H groups in total. The normalized spacial score (nSPS) is 20.1. The molecule has 2 aliphatic rings. The Morgan fingerprint density at radius 1 is 1.28 bits per heavy atom. The average Bonchev–Trinajstić information content (AvgIpc) is 3.33. The molecule has 1 saturated carbocycles. The largest absolute Gasteiger partial charge is 0.381 e. The maximum Gasteiger partial charge on any atom is 0.274 e. The maximum absolute atomic E-state index is 13.0. The summed E-state index contributed by atoms with van der Waals surface area (Å²) in [5.74, 6) is 0.542. The smallest absolute Gasteiger partial charge is 0.274 e. The van der Waals surface area contributed by atoms with E-state index < -0.39 is 0 Å². The summed E-state index contributed by atoms with van der Waals surface area (Å²) in [5, 5.41) is 5.76. The molecule has 1 aromatic carbocycles. The first kappa shape index (κ1) is 16.3. The number of hydrogen-bond acceptors (Lipinski definition) is 4. The number of amides is 1. The Morgan fingerprint density at radius 3 is 2.72 bits per heavy atom. The fourth-order valence-corrected chi connectivity index (χ4v) is 3.60. The minimum Gasteiger partial charge on any atom is -0.381 e. The average molecular weight is 341 g/mol. The third kappa shape index (κ3) is 3.31. The molecule has 1 amide bonds. The van der Waals surface area contributed by atoms with E-state index in [1.54, 1.807) is 13.1 Å². The predicted octanol–water partition coefficient (Wildman–Crippen LogP) is 1.50. The van der Waals surface area contributed by atoms with Crippen molar-refractivity contribution in [3.05, 3.63) is 40.3 Å². The van der Waals surface area contributed by atoms with Crippen LogP contribution in [0.4, 0.5) is 0 Å². The van der Waals surface area contributed by atoms with Crippen molar-refractivity contribution in [2.75, 3.05) is 19.8 Å². The molecule has 0 bridgehead atoms. The van der Waals surface area contributed by atoms with Crippen molar-refractivity contribution >= 4 is 16.7 Å². The van der Waals surface area contributed by atoms with Gasteiger partial charge in [-0.2, -0.15) is 5.10 Å². The van der Waals surface area contributed by atoms with Crippen molar-refractivity contribution < 1.29 is 9.53 Å². The highest BCUT2D eigenvalue weighted by Gasteiger charge is 2.35. The van der Waals surface area contributed by atoms with Crippen LogP contribution in [-0.4, -0.2) is 46.4 Å². The second-order valence-corrected chi connectivity index (χ2v) is 7.10. The van der Waals surface area contributed by atoms with Crippen molar-refractivity contribution in [2.45, 2.75) is 31.7 Å². The van der Waals surface area contributed by atoms with Gasteiger partial charge in [0.2, 0.25) is 5.91 Å². The summed E-state index contributed by atoms with van der Waals surface area (Å²) in [5.41, 5.74) is 0.546. The van der Waals surface area contributed by atoms with Crippen molar-refractivity contribution in [3.63, 3.8) is 0 Å². The molecule has 4 rings (SSSR count). The van der Waals surface area contributed by atoms with Gasteiger partial charge in [0.25, 0.3) is 5.56 Å². The van der Waals surface area contributed by atoms with Crippen LogP contribution in [0.25, 0.3) is 10.8 Å². The van der Waals surface area contributed by atoms with Crippen molar-refractivity contribution in [1.29, 1.82) is 0 Å². The standard InChI is InChI=1S/C19H23N3O3/c1-21-19(24)16-5-3-2-4-15(16)17(20-21)10-18(23)22(14-6-7-14)11-13-8-9-25-12-13/h2-5,13-14H,6-12H2,1H3/t13-/m1/s1. The Kier molecular flexibility index (Phi) is 4.29. The van der Waals surface area contributed by atoms with Crippen LogP contribution < -0.4 is 5.56 Å². The van der Waals surface area contributed by atoms with Gasteiger partial charge in [0, 0.05) is 37.5 Å². The van der Waals surface area contributed by atoms with E-state index in [0.717, 1.165) is 44.4 Å². The Hall–Kier alpha value is -2.21. The number of fused-ring (bicyclic) bond motifs is 1. The number of carbonyl (C=O) groups is 1. The van der Waals surface area contributed by atoms with Crippen LogP contribution in [0.3, 0.4) is 0 Å². The highest BCUT2D eigenvalue weighted by atomic mass is 16.5. The minimum atomic E-state index is -0.131. The van der Waals surface area contributed by atoms with Gasteiger partial charge in [-0.05, 0) is 25.3 Å². The molecule has 6 heteroatoms. The number of rotatable bonds is 5. The molecule has 1 aliphatic carbocycles. The quantitative estimate of drug-likeness (QED) is 0.827. The lowest BCUT2D eigenvalue weighted by Gasteiger charge is -2.25. The first-order valence-corrected chi connectivity index (χ1v) is 8.95. The van der Waals surface area contributed by atoms with Gasteiger partial charge >= 0.3 is 0 Å². The second-order valence-electron chi connectivity index (χ2n) is 7.10. The number of aromatic nitrogens is 2. The summed E-state index contributed by atoms with van der Waals surface area (Å²) in [6.07, 6.45) is 3.43. The van der Waals surface area contributed by atoms with Crippen molar-refractivity contribution in [2.24, 2.45) is 13.0 Å². The van der Waals surface area contributed by atoms with E-state index in [1.165, 1.54) is 4.68 Å². The van der Waals surface area contributed by atoms with E-state index in [1.807, 2.05) is 23.1 Å². The van der Waals surface area contributed by atoms with Gasteiger partial charge in [-0.15, -0.1) is 0 Å². The SMILES string of the molecule is Cn1nc(CC(=O)N(C[C@H]2CCOC2)C2CC2)c2ccccc2c1=O. The lowest BCUT2D eigenvalue weighted by atomic mass is 10.1. The first-order valence-electron chi connectivity index (χ1n) is 8.95. The molecule has 132 valence electrons. The number of carbonyl (C=O) groups excluding carboxylic acids is 1. The van der Waals surface area contributed by atoms with Crippen molar-refractivity contribution in [3.8, 4) is 0 Å². The van der Waals surface area contributed by atoms with E-state index in [4.69, 9.17) is 4.74 Å². The van der Waals surface area contributed by atoms with Crippen LogP contribution in [-0.2, 0) is 23.0 Å². The zero-order chi connectivity index (χ0) is 17.4. The molecule has 6 nitrogen and oxygen atoms in total. The molecule has 25 heavy (non-hydrogen) atoms. The summed E-state index contributed by atoms with van der Waals surface area (Å²) in [6, 6.07) is 7.75. The van der Waals surface area contributed by atoms with Gasteiger partial charge in [0.1, 0.15) is 0 Å². The van der Waals surface area contributed by atoms with Gasteiger partial charge in [-0.3, -0.25) is 9.59 Å². The number of nitrogens with zero attached hydrogens (tertiary/aromatic N) is 3. The Balaban J connectivity index is 1.60. The second kappa shape index (κ2) is 6.59. The van der Waals surface area contributed by atoms with E-state index >= 15 is 0 Å². The topological polar surface area (TPSA) is 64.4 Å². The monoisotopic (exact) mass is 341 g/mol. The summed E-state index contributed by atoms with van der Waals surface area (Å²) >= 11 is 0. The summed E-state index contributed by atoms with van der Waals surface area (Å²) < 4.78 is 6.78. The van der Waals surface area contributed by atoms with Crippen LogP contribution in [0.5, 0.6) is 0 Å². The molecule has 1 aromatic heterocycles. The molecule has 0 radical (unpaired) electrons. The lowest BCUT2D eigenvalue weighted by Crippen LogP contribution is -2.39. The molecular weight excluding hydrogens is 318 g/mol. The zero-order valence-corrected chi connectivity index (χ0v) is 14.5. The van der Waals surface area contributed by atoms with Crippen LogP contribution in [0.2, 0.25) is 0 Å². The van der Waals surface area contributed by atoms with Gasteiger partial charge in [-0.1, -0.05) is 18.2 Å². The van der Waals surface area contributed by atoms with Gasteiger partial charge in [-0.25, -0.2) is 4.68 Å². The van der Waals surface area contributed by atoms with Crippen LogP contribution in [0.1, 0.15) is 25.0 Å². The zero-order valence-electron chi connectivity index (χ0n) is 14.5. The Morgan fingerprint density at radius 2 is 2.04 bits per heavy atom. The van der Waals surface area contributed by atoms with E-state index in [-0.39, 0.29) is 17.9 Å². The first-order chi connectivity index (χ1) is 12.1. The van der Waals surface area contributed by atoms with Crippen LogP contribution in [0, 0.1) is 5.92 Å². The van der Waals surface area contributed by atoms with Gasteiger partial charge < -0.3 is 9.64 Å². The maximum atomic E-state index is 13.0. The summed E-state index contributed by atoms with van der Waals surface area (Å²) in [4.78, 5) is 27.2. The number of benzene rings is 1. The van der Waals surface area contributed by atoms with Crippen molar-refractivity contribution in [1.82, 2.24) is 14.7 Å². The predicted molar refractivity (Wildman–Crippen MR) is 94.3 cm³/mol. The minimum absolute atomic E-state index is 0.103. The third-order valence-corrected chi connectivity index (χ3v) is 5.14. The molecule has 2 heterocycles. The molecule has 0 unspecified atom stereocenters. The molecule has 1 aliphatic heterocycles. The highest BCUT2D eigenvalue weighted by molar-refractivity contribution is 5.88. The Labute approximate surface area is 146 Å². The number of hydrogen-bond donors (Lipinski definition) is 0. The fourth-order valence-electron chi connectivity index (χ4n) is 3.60. The van der Waals surface area contributed by atoms with E-state index in [2.05, 4.69) is 5.10 Å². The molecule has 2 fully saturated rings. The molecule has 1 saturated heterocycles. The highest BCUT2D eigenvalue weighted by Crippen LogP contribution is 2.30. The Bertz CT molecular complexity index is 851. The van der Waals surface area contributed by atoms with Gasteiger partial charge in [0.15, 0.2) is 0 Å². The number of aryl methyl sites for hydroxylation is 1. The van der Waals surface area contributed by atoms with Gasteiger partial charge in [0.05, 0.1) is 24.1 Å². The van der Waals surface area contributed by atoms with Crippen LogP contribution in [0.15, 0.2) is 29.1 Å². The molecule has 1 atom stereocenters. The molecule has 2 aromatic rings. The summed E-state index contributed by atoms with van der Waals surface area (Å²) in [6.45, 7) is 2.31. The van der Waals surface area contributed by atoms with E-state index in [9.17, 15) is 9.59 Å². The number of ether oxygens (including phenoxy) is 1. The molecular formula is C19H23N3O3. The lowest BCUT2D eigenvalue weighted by molar-refractivity contribution is -0.131. The van der Waals surface area contributed by atoms with Crippen LogP contribution >= 0.6 is 0 Å². The summed E-state index contributed by atoms with van der Waals surface area (Å²) in [7, 11) is 1.64. The van der Waals surface area contributed by atoms with E-state index in [0.29, 0.717) is 23.0 Å².